The van der Waals surface area contributed by atoms with Gasteiger partial charge < -0.3 is 5.11 Å². The highest BCUT2D eigenvalue weighted by atomic mass is 16.3. The SMILES string of the molecule is C=C(CCCC(C)CCCC(C)CCCC(C)C)C(CO)CC=C(C)CCCC(C)CCCC(C)CCCC(C)C. The Labute approximate surface area is 260 Å². The Morgan fingerprint density at radius 1 is 0.537 bits per heavy atom. The third kappa shape index (κ3) is 25.6. The number of hydrogen-bond acceptors (Lipinski definition) is 1. The molecule has 0 bridgehead atoms. The summed E-state index contributed by atoms with van der Waals surface area (Å²) < 4.78 is 0. The number of aliphatic hydroxyl groups excluding tert-OH is 1. The maximum absolute atomic E-state index is 10.0. The van der Waals surface area contributed by atoms with Crippen LogP contribution in [-0.4, -0.2) is 11.7 Å². The molecule has 1 nitrogen and oxygen atoms in total. The van der Waals surface area contributed by atoms with Gasteiger partial charge in [0, 0.05) is 12.5 Å². The molecule has 5 atom stereocenters. The fourth-order valence-corrected chi connectivity index (χ4v) is 6.38. The second-order valence-electron chi connectivity index (χ2n) is 15.5. The smallest absolute Gasteiger partial charge is 0.0499 e. The van der Waals surface area contributed by atoms with Gasteiger partial charge in [-0.2, -0.15) is 0 Å². The van der Waals surface area contributed by atoms with Gasteiger partial charge in [0.2, 0.25) is 0 Å². The van der Waals surface area contributed by atoms with Gasteiger partial charge in [-0.05, 0) is 74.5 Å². The minimum absolute atomic E-state index is 0.230. The Bertz CT molecular complexity index is 629. The van der Waals surface area contributed by atoms with Gasteiger partial charge in [0.15, 0.2) is 0 Å². The number of allylic oxidation sites excluding steroid dienone is 2. The van der Waals surface area contributed by atoms with Gasteiger partial charge in [0.05, 0.1) is 0 Å². The zero-order valence-electron chi connectivity index (χ0n) is 29.9. The molecule has 0 radical (unpaired) electrons. The summed E-state index contributed by atoms with van der Waals surface area (Å²) in [7, 11) is 0. The lowest BCUT2D eigenvalue weighted by Crippen LogP contribution is -2.09. The molecule has 0 saturated carbocycles. The highest BCUT2D eigenvalue weighted by Crippen LogP contribution is 2.26. The van der Waals surface area contributed by atoms with Crippen LogP contribution in [0.4, 0.5) is 0 Å². The fourth-order valence-electron chi connectivity index (χ4n) is 6.38. The second kappa shape index (κ2) is 25.9. The minimum atomic E-state index is 0.230. The number of aliphatic hydroxyl groups is 1. The Morgan fingerprint density at radius 2 is 0.878 bits per heavy atom. The van der Waals surface area contributed by atoms with E-state index in [2.05, 4.69) is 75.0 Å². The van der Waals surface area contributed by atoms with Gasteiger partial charge in [-0.3, -0.25) is 0 Å². The third-order valence-electron chi connectivity index (χ3n) is 9.76. The van der Waals surface area contributed by atoms with E-state index in [9.17, 15) is 5.11 Å². The van der Waals surface area contributed by atoms with Crippen LogP contribution in [0.1, 0.15) is 184 Å². The van der Waals surface area contributed by atoms with E-state index >= 15 is 0 Å². The van der Waals surface area contributed by atoms with Crippen molar-refractivity contribution in [1.29, 1.82) is 0 Å². The van der Waals surface area contributed by atoms with Gasteiger partial charge in [-0.1, -0.05) is 169 Å². The van der Waals surface area contributed by atoms with Gasteiger partial charge in [0.1, 0.15) is 0 Å². The van der Waals surface area contributed by atoms with Crippen LogP contribution in [0.25, 0.3) is 0 Å². The van der Waals surface area contributed by atoms with Gasteiger partial charge in [0.25, 0.3) is 0 Å². The fraction of sp³-hybridized carbons (Fsp3) is 0.900. The molecule has 0 aliphatic heterocycles. The molecule has 0 aromatic rings. The molecule has 0 heterocycles. The van der Waals surface area contributed by atoms with Gasteiger partial charge in [-0.15, -0.1) is 0 Å². The van der Waals surface area contributed by atoms with E-state index < -0.39 is 0 Å². The first kappa shape index (κ1) is 40.4. The van der Waals surface area contributed by atoms with Crippen LogP contribution in [0, 0.1) is 41.4 Å². The first-order valence-electron chi connectivity index (χ1n) is 18.4. The average Bonchev–Trinajstić information content (AvgIpc) is 2.88. The summed E-state index contributed by atoms with van der Waals surface area (Å²) in [6, 6.07) is 0. The van der Waals surface area contributed by atoms with Crippen LogP contribution in [-0.2, 0) is 0 Å². The zero-order chi connectivity index (χ0) is 31.0. The molecule has 0 spiro atoms. The molecule has 0 amide bonds. The monoisotopic (exact) mass is 575 g/mol. The van der Waals surface area contributed by atoms with Crippen molar-refractivity contribution in [3.05, 3.63) is 23.8 Å². The van der Waals surface area contributed by atoms with E-state index in [4.69, 9.17) is 0 Å². The Balaban J connectivity index is 4.04. The topological polar surface area (TPSA) is 20.2 Å². The van der Waals surface area contributed by atoms with Crippen LogP contribution in [0.3, 0.4) is 0 Å². The third-order valence-corrected chi connectivity index (χ3v) is 9.76. The first-order chi connectivity index (χ1) is 19.4. The molecule has 0 fully saturated rings. The highest BCUT2D eigenvalue weighted by molar-refractivity contribution is 5.06. The van der Waals surface area contributed by atoms with Crippen molar-refractivity contribution in [3.8, 4) is 0 Å². The van der Waals surface area contributed by atoms with Crippen molar-refractivity contribution in [2.45, 2.75) is 184 Å². The summed E-state index contributed by atoms with van der Waals surface area (Å²) >= 11 is 0. The first-order valence-corrected chi connectivity index (χ1v) is 18.4. The lowest BCUT2D eigenvalue weighted by atomic mass is 9.89. The van der Waals surface area contributed by atoms with E-state index in [-0.39, 0.29) is 12.5 Å². The molecule has 0 aliphatic rings. The van der Waals surface area contributed by atoms with Crippen molar-refractivity contribution in [3.63, 3.8) is 0 Å². The molecular formula is C40H78O. The summed E-state index contributed by atoms with van der Waals surface area (Å²) in [5, 5.41) is 10.0. The maximum Gasteiger partial charge on any atom is 0.0499 e. The van der Waals surface area contributed by atoms with Crippen LogP contribution in [0.5, 0.6) is 0 Å². The molecule has 0 aromatic heterocycles. The lowest BCUT2D eigenvalue weighted by molar-refractivity contribution is 0.244. The van der Waals surface area contributed by atoms with Crippen molar-refractivity contribution in [2.75, 3.05) is 6.61 Å². The highest BCUT2D eigenvalue weighted by Gasteiger charge is 2.12. The van der Waals surface area contributed by atoms with Crippen molar-refractivity contribution >= 4 is 0 Å². The van der Waals surface area contributed by atoms with Crippen molar-refractivity contribution < 1.29 is 5.11 Å². The quantitative estimate of drug-likeness (QED) is 0.0921. The van der Waals surface area contributed by atoms with Crippen molar-refractivity contribution in [2.24, 2.45) is 41.4 Å². The minimum Gasteiger partial charge on any atom is -0.396 e. The van der Waals surface area contributed by atoms with Crippen molar-refractivity contribution in [1.82, 2.24) is 0 Å². The standard InChI is InChI=1S/C40H78O/c1-32(2)17-11-19-34(5)21-13-23-36(7)25-15-26-38(9)29-30-40(31-41)39(10)28-16-27-37(8)24-14-22-35(6)20-12-18-33(3)4/h29,32-37,40-41H,10-28,30-31H2,1-9H3. The zero-order valence-corrected chi connectivity index (χ0v) is 29.9. The van der Waals surface area contributed by atoms with E-state index in [1.807, 2.05) is 0 Å². The summed E-state index contributed by atoms with van der Waals surface area (Å²) in [6.45, 7) is 26.0. The van der Waals surface area contributed by atoms with E-state index in [1.165, 1.54) is 120 Å². The largest absolute Gasteiger partial charge is 0.396 e. The molecule has 0 aromatic carbocycles. The second-order valence-corrected chi connectivity index (χ2v) is 15.5. The predicted molar refractivity (Wildman–Crippen MR) is 188 cm³/mol. The van der Waals surface area contributed by atoms with E-state index in [1.54, 1.807) is 0 Å². The summed E-state index contributed by atoms with van der Waals surface area (Å²) in [6.07, 6.45) is 27.5. The normalized spacial score (nSPS) is 16.2. The van der Waals surface area contributed by atoms with Gasteiger partial charge >= 0.3 is 0 Å². The maximum atomic E-state index is 10.0. The Kier molecular flexibility index (Phi) is 25.5. The molecule has 41 heavy (non-hydrogen) atoms. The van der Waals surface area contributed by atoms with Crippen LogP contribution < -0.4 is 0 Å². The summed E-state index contributed by atoms with van der Waals surface area (Å²) in [5.41, 5.74) is 2.75. The predicted octanol–water partition coefficient (Wildman–Crippen LogP) is 13.4. The van der Waals surface area contributed by atoms with Crippen LogP contribution in [0.2, 0.25) is 0 Å². The molecule has 1 N–H and O–H groups in total. The number of rotatable bonds is 28. The summed E-state index contributed by atoms with van der Waals surface area (Å²) in [5.74, 6) is 5.36. The Hall–Kier alpha value is -0.560. The molecule has 0 rings (SSSR count). The van der Waals surface area contributed by atoms with E-state index in [0.29, 0.717) is 0 Å². The molecular weight excluding hydrogens is 496 g/mol. The lowest BCUT2D eigenvalue weighted by Gasteiger charge is -2.18. The molecule has 244 valence electrons. The van der Waals surface area contributed by atoms with Crippen LogP contribution in [0.15, 0.2) is 23.8 Å². The van der Waals surface area contributed by atoms with Gasteiger partial charge in [-0.25, -0.2) is 0 Å². The summed E-state index contributed by atoms with van der Waals surface area (Å²) in [4.78, 5) is 0. The number of hydrogen-bond donors (Lipinski definition) is 1. The molecule has 5 unspecified atom stereocenters. The van der Waals surface area contributed by atoms with Crippen LogP contribution >= 0.6 is 0 Å². The molecule has 0 aliphatic carbocycles. The Morgan fingerprint density at radius 3 is 1.24 bits per heavy atom. The molecule has 0 saturated heterocycles. The molecule has 1 heteroatoms. The average molecular weight is 575 g/mol. The van der Waals surface area contributed by atoms with E-state index in [0.717, 1.165) is 48.3 Å².